The normalized spacial score (nSPS) is 10.8. The van der Waals surface area contributed by atoms with E-state index in [4.69, 9.17) is 4.74 Å². The Kier molecular flexibility index (Phi) is 8.85. The van der Waals surface area contributed by atoms with E-state index in [2.05, 4.69) is 16.2 Å². The standard InChI is InChI=1S/C29H30N2O5S/c1-6-9-23(32)30-17-21-10-7-8-11-22(21)20-14-12-19(13-15-20)16-31-25-24(27(33)34)18(2)37-26(25)28(35)36-29(3,4)5/h7-8,10-15H,6,9,16H2,1-5H3,(H-,31,33,34,35)/p+1. The number of aromatic carboxylic acids is 1. The van der Waals surface area contributed by atoms with Crippen molar-refractivity contribution in [3.63, 3.8) is 0 Å². The summed E-state index contributed by atoms with van der Waals surface area (Å²) in [6.07, 6.45) is 1.12. The van der Waals surface area contributed by atoms with E-state index in [1.54, 1.807) is 27.7 Å². The number of carbonyl (C=O) groups excluding carboxylic acids is 2. The Bertz CT molecular complexity index is 1370. The van der Waals surface area contributed by atoms with E-state index in [0.29, 0.717) is 17.8 Å². The molecule has 0 bridgehead atoms. The molecule has 8 heteroatoms. The number of thiophene rings is 1. The van der Waals surface area contributed by atoms with Crippen LogP contribution in [0.5, 0.6) is 0 Å². The Labute approximate surface area is 220 Å². The molecular formula is C29H31N2O5S+. The lowest BCUT2D eigenvalue weighted by molar-refractivity contribution is -0.114. The number of amides is 1. The van der Waals surface area contributed by atoms with Crippen LogP contribution in [-0.2, 0) is 16.1 Å². The molecule has 1 aromatic heterocycles. The van der Waals surface area contributed by atoms with Gasteiger partial charge in [-0.25, -0.2) is 14.4 Å². The molecule has 3 aromatic rings. The minimum absolute atomic E-state index is 0.0730. The molecule has 37 heavy (non-hydrogen) atoms. The van der Waals surface area contributed by atoms with Gasteiger partial charge in [0, 0.05) is 21.8 Å². The van der Waals surface area contributed by atoms with Gasteiger partial charge in [0.05, 0.1) is 17.7 Å². The van der Waals surface area contributed by atoms with E-state index < -0.39 is 17.5 Å². The number of anilines is 1. The molecule has 0 atom stereocenters. The van der Waals surface area contributed by atoms with Crippen LogP contribution >= 0.6 is 11.3 Å². The largest absolute Gasteiger partial charge is 0.515 e. The number of hydrogen-bond acceptors (Lipinski definition) is 6. The van der Waals surface area contributed by atoms with Crippen molar-refractivity contribution in [1.82, 2.24) is 0 Å². The number of carboxylic acid groups (broad SMARTS) is 1. The third-order valence-corrected chi connectivity index (χ3v) is 6.39. The highest BCUT2D eigenvalue weighted by molar-refractivity contribution is 7.15. The van der Waals surface area contributed by atoms with Gasteiger partial charge in [-0.15, -0.1) is 11.3 Å². The minimum atomic E-state index is -1.10. The molecule has 1 amide bonds. The van der Waals surface area contributed by atoms with Gasteiger partial charge in [0.15, 0.2) is 0 Å². The van der Waals surface area contributed by atoms with Crippen LogP contribution in [0.4, 0.5) is 5.69 Å². The highest BCUT2D eigenvalue weighted by Gasteiger charge is 2.28. The van der Waals surface area contributed by atoms with Gasteiger partial charge in [0.1, 0.15) is 16.0 Å². The first-order valence-electron chi connectivity index (χ1n) is 12.0. The van der Waals surface area contributed by atoms with Gasteiger partial charge in [-0.05, 0) is 51.3 Å². The lowest BCUT2D eigenvalue weighted by atomic mass is 9.99. The van der Waals surface area contributed by atoms with Crippen LogP contribution in [0.1, 0.15) is 76.6 Å². The molecule has 192 valence electrons. The van der Waals surface area contributed by atoms with Crippen LogP contribution in [0.25, 0.3) is 16.0 Å². The molecule has 0 radical (unpaired) electrons. The number of benzene rings is 2. The SMILES string of the molecule is CCCC(=O)[N+]#Cc1ccccc1-c1ccc(CNc2c(C(=O)OC(C)(C)C)sc(C)c2C(=O)O)cc1. The molecule has 2 N–H and O–H groups in total. The monoisotopic (exact) mass is 519 g/mol. The number of aryl methyl sites for hydroxylation is 1. The Balaban J connectivity index is 1.83. The summed E-state index contributed by atoms with van der Waals surface area (Å²) < 4.78 is 5.49. The van der Waals surface area contributed by atoms with Crippen molar-refractivity contribution in [1.29, 1.82) is 0 Å². The first-order valence-corrected chi connectivity index (χ1v) is 12.8. The average Bonchev–Trinajstić information content (AvgIpc) is 3.17. The van der Waals surface area contributed by atoms with Crippen molar-refractivity contribution in [2.75, 3.05) is 5.32 Å². The third-order valence-electron chi connectivity index (χ3n) is 5.31. The second-order valence-electron chi connectivity index (χ2n) is 9.51. The predicted molar refractivity (Wildman–Crippen MR) is 147 cm³/mol. The van der Waals surface area contributed by atoms with E-state index in [-0.39, 0.29) is 22.0 Å². The number of nitrogens with zero attached hydrogens (tertiary/aromatic N) is 1. The highest BCUT2D eigenvalue weighted by atomic mass is 32.1. The molecule has 0 saturated carbocycles. The Morgan fingerprint density at radius 2 is 1.76 bits per heavy atom. The fourth-order valence-electron chi connectivity index (χ4n) is 3.66. The van der Waals surface area contributed by atoms with Gasteiger partial charge in [-0.1, -0.05) is 49.4 Å². The van der Waals surface area contributed by atoms with Crippen LogP contribution in [-0.4, -0.2) is 28.6 Å². The van der Waals surface area contributed by atoms with Gasteiger partial charge < -0.3 is 15.2 Å². The number of rotatable bonds is 8. The van der Waals surface area contributed by atoms with Crippen molar-refractivity contribution in [3.8, 4) is 17.2 Å². The Morgan fingerprint density at radius 3 is 2.38 bits per heavy atom. The summed E-state index contributed by atoms with van der Waals surface area (Å²) in [6.45, 7) is 9.22. The predicted octanol–water partition coefficient (Wildman–Crippen LogP) is 7.00. The van der Waals surface area contributed by atoms with Gasteiger partial charge in [-0.2, -0.15) is 0 Å². The van der Waals surface area contributed by atoms with Gasteiger partial charge in [0.25, 0.3) is 0 Å². The smallest absolute Gasteiger partial charge is 0.478 e. The fraction of sp³-hybridized carbons (Fsp3) is 0.310. The second-order valence-corrected chi connectivity index (χ2v) is 10.7. The molecule has 1 heterocycles. The first kappa shape index (κ1) is 27.6. The molecule has 0 spiro atoms. The fourth-order valence-corrected chi connectivity index (χ4v) is 4.66. The number of nitrogens with one attached hydrogen (secondary N) is 1. The minimum Gasteiger partial charge on any atom is -0.478 e. The summed E-state index contributed by atoms with van der Waals surface area (Å²) in [5.74, 6) is -1.86. The molecule has 3 rings (SSSR count). The molecule has 0 aliphatic rings. The summed E-state index contributed by atoms with van der Waals surface area (Å²) >= 11 is 1.11. The van der Waals surface area contributed by atoms with Crippen LogP contribution < -0.4 is 5.32 Å². The molecule has 0 saturated heterocycles. The summed E-state index contributed by atoms with van der Waals surface area (Å²) in [5.41, 5.74) is 3.07. The molecule has 0 aliphatic carbocycles. The van der Waals surface area contributed by atoms with E-state index in [1.165, 1.54) is 0 Å². The Morgan fingerprint density at radius 1 is 1.08 bits per heavy atom. The van der Waals surface area contributed by atoms with Crippen molar-refractivity contribution in [2.24, 2.45) is 0 Å². The zero-order chi connectivity index (χ0) is 27.2. The van der Waals surface area contributed by atoms with E-state index in [1.807, 2.05) is 55.5 Å². The molecule has 0 fully saturated rings. The number of esters is 1. The van der Waals surface area contributed by atoms with Crippen molar-refractivity contribution in [3.05, 3.63) is 79.8 Å². The van der Waals surface area contributed by atoms with E-state index >= 15 is 0 Å². The van der Waals surface area contributed by atoms with Crippen molar-refractivity contribution < 1.29 is 24.2 Å². The number of carboxylic acids is 1. The highest BCUT2D eigenvalue weighted by Crippen LogP contribution is 2.35. The van der Waals surface area contributed by atoms with Crippen LogP contribution in [0.2, 0.25) is 0 Å². The molecular weight excluding hydrogens is 488 g/mol. The number of carbonyl (C=O) groups is 3. The summed E-state index contributed by atoms with van der Waals surface area (Å²) in [7, 11) is 0. The molecule has 0 aliphatic heterocycles. The maximum absolute atomic E-state index is 12.8. The summed E-state index contributed by atoms with van der Waals surface area (Å²) in [5, 5.41) is 12.9. The number of ether oxygens (including phenoxy) is 1. The van der Waals surface area contributed by atoms with Gasteiger partial charge in [-0.3, -0.25) is 0 Å². The van der Waals surface area contributed by atoms with Crippen LogP contribution in [0.15, 0.2) is 48.5 Å². The average molecular weight is 520 g/mol. The van der Waals surface area contributed by atoms with E-state index in [9.17, 15) is 19.5 Å². The summed E-state index contributed by atoms with van der Waals surface area (Å²) in [4.78, 5) is 41.2. The molecule has 7 nitrogen and oxygen atoms in total. The zero-order valence-corrected chi connectivity index (χ0v) is 22.5. The lowest BCUT2D eigenvalue weighted by Crippen LogP contribution is -2.24. The van der Waals surface area contributed by atoms with Crippen LogP contribution in [0, 0.1) is 13.0 Å². The first-order chi connectivity index (χ1) is 17.5. The lowest BCUT2D eigenvalue weighted by Gasteiger charge is -2.19. The van der Waals surface area contributed by atoms with Crippen molar-refractivity contribution >= 4 is 34.9 Å². The molecule has 0 unspecified atom stereocenters. The van der Waals surface area contributed by atoms with Crippen molar-refractivity contribution in [2.45, 2.75) is 59.6 Å². The quantitative estimate of drug-likeness (QED) is 0.311. The third kappa shape index (κ3) is 7.28. The maximum Gasteiger partial charge on any atom is 0.515 e. The number of hydrogen-bond donors (Lipinski definition) is 2. The maximum atomic E-state index is 12.8. The Hall–Kier alpha value is -3.96. The van der Waals surface area contributed by atoms with Crippen LogP contribution in [0.3, 0.4) is 0 Å². The van der Waals surface area contributed by atoms with Gasteiger partial charge in [0.2, 0.25) is 0 Å². The van der Waals surface area contributed by atoms with E-state index in [0.717, 1.165) is 40.0 Å². The van der Waals surface area contributed by atoms with Gasteiger partial charge >= 0.3 is 23.9 Å². The zero-order valence-electron chi connectivity index (χ0n) is 21.7. The molecule has 2 aromatic carbocycles. The second kappa shape index (κ2) is 11.8. The summed E-state index contributed by atoms with van der Waals surface area (Å²) in [6, 6.07) is 18.2. The topological polar surface area (TPSA) is 97.1 Å².